The van der Waals surface area contributed by atoms with E-state index in [2.05, 4.69) is 59.7 Å². The average Bonchev–Trinajstić information content (AvgIpc) is 3.35. The molecule has 182 valence electrons. The Kier molecular flexibility index (Phi) is 7.05. The fraction of sp³-hybridized carbons (Fsp3) is 0.233. The Morgan fingerprint density at radius 2 is 1.81 bits per heavy atom. The van der Waals surface area contributed by atoms with Crippen LogP contribution in [0.5, 0.6) is 0 Å². The van der Waals surface area contributed by atoms with Crippen molar-refractivity contribution in [3.63, 3.8) is 0 Å². The van der Waals surface area contributed by atoms with Crippen molar-refractivity contribution >= 4 is 34.2 Å². The normalized spacial score (nSPS) is 16.9. The van der Waals surface area contributed by atoms with Crippen LogP contribution in [0.25, 0.3) is 28.3 Å². The Morgan fingerprint density at radius 3 is 2.50 bits per heavy atom. The molecule has 6 nitrogen and oxygen atoms in total. The van der Waals surface area contributed by atoms with Crippen LogP contribution in [0, 0.1) is 0 Å². The third-order valence-electron chi connectivity index (χ3n) is 6.58. The van der Waals surface area contributed by atoms with E-state index < -0.39 is 5.97 Å². The first-order valence-corrected chi connectivity index (χ1v) is 12.4. The average molecular weight is 480 g/mol. The molecule has 0 saturated carbocycles. The molecule has 1 aliphatic rings. The lowest BCUT2D eigenvalue weighted by atomic mass is 9.87. The molecular weight excluding hydrogens is 450 g/mol. The lowest BCUT2D eigenvalue weighted by molar-refractivity contribution is -0.131. The summed E-state index contributed by atoms with van der Waals surface area (Å²) in [4.78, 5) is 10.9. The van der Waals surface area contributed by atoms with Crippen molar-refractivity contribution in [2.24, 2.45) is 0 Å². The lowest BCUT2D eigenvalue weighted by Crippen LogP contribution is -2.19. The van der Waals surface area contributed by atoms with E-state index in [1.807, 2.05) is 35.0 Å². The van der Waals surface area contributed by atoms with Gasteiger partial charge in [-0.15, -0.1) is 5.10 Å². The summed E-state index contributed by atoms with van der Waals surface area (Å²) in [5.74, 6) is -0.961. The number of aromatic nitrogens is 3. The number of ether oxygens (including phenoxy) is 1. The summed E-state index contributed by atoms with van der Waals surface area (Å²) in [6.07, 6.45) is 6.71. The van der Waals surface area contributed by atoms with Crippen LogP contribution in [0.15, 0.2) is 78.9 Å². The molecule has 1 atom stereocenters. The number of hydrogen-bond acceptors (Lipinski definition) is 4. The highest BCUT2D eigenvalue weighted by Gasteiger charge is 2.20. The number of hydrogen-bond donors (Lipinski definition) is 1. The Bertz CT molecular complexity index is 1410. The van der Waals surface area contributed by atoms with Crippen molar-refractivity contribution in [3.8, 4) is 0 Å². The molecule has 0 amide bonds. The second kappa shape index (κ2) is 10.7. The van der Waals surface area contributed by atoms with Gasteiger partial charge < -0.3 is 9.84 Å². The lowest BCUT2D eigenvalue weighted by Gasteiger charge is -2.22. The molecule has 4 aromatic rings. The molecule has 0 spiro atoms. The van der Waals surface area contributed by atoms with Gasteiger partial charge in [0.25, 0.3) is 0 Å². The summed E-state index contributed by atoms with van der Waals surface area (Å²) in [6.45, 7) is 2.92. The van der Waals surface area contributed by atoms with Crippen LogP contribution in [0.3, 0.4) is 0 Å². The minimum atomic E-state index is -0.961. The molecule has 1 unspecified atom stereocenters. The number of fused-ring (bicyclic) bond motifs is 1. The van der Waals surface area contributed by atoms with Crippen LogP contribution in [0.4, 0.5) is 0 Å². The zero-order chi connectivity index (χ0) is 24.9. The number of nitrogens with zero attached hydrogens (tertiary/aromatic N) is 3. The van der Waals surface area contributed by atoms with E-state index in [0.29, 0.717) is 0 Å². The molecule has 0 bridgehead atoms. The third-order valence-corrected chi connectivity index (χ3v) is 6.58. The Labute approximate surface area is 210 Å². The molecule has 5 rings (SSSR count). The van der Waals surface area contributed by atoms with Crippen LogP contribution < -0.4 is 0 Å². The zero-order valence-corrected chi connectivity index (χ0v) is 20.3. The van der Waals surface area contributed by atoms with E-state index in [1.165, 1.54) is 11.1 Å². The molecule has 1 aliphatic heterocycles. The SMILES string of the molecule is CCC(=C(c1ccc(C=CC(=O)O)cc1)c1ccc2c(c1)nnn2C1CCCCO1)c1ccccc1. The molecule has 36 heavy (non-hydrogen) atoms. The van der Waals surface area contributed by atoms with Crippen LogP contribution in [-0.4, -0.2) is 32.7 Å². The van der Waals surface area contributed by atoms with E-state index in [0.717, 1.165) is 71.7 Å². The van der Waals surface area contributed by atoms with Crippen molar-refractivity contribution in [2.45, 2.75) is 38.8 Å². The van der Waals surface area contributed by atoms with E-state index in [4.69, 9.17) is 9.84 Å². The first-order chi connectivity index (χ1) is 17.6. The maximum atomic E-state index is 10.9. The molecule has 0 radical (unpaired) electrons. The summed E-state index contributed by atoms with van der Waals surface area (Å²) in [5, 5.41) is 17.9. The number of carboxylic acid groups (broad SMARTS) is 1. The van der Waals surface area contributed by atoms with Crippen LogP contribution in [0.1, 0.15) is 61.1 Å². The van der Waals surface area contributed by atoms with Crippen LogP contribution in [0.2, 0.25) is 0 Å². The van der Waals surface area contributed by atoms with Gasteiger partial charge in [-0.2, -0.15) is 0 Å². The highest BCUT2D eigenvalue weighted by Crippen LogP contribution is 2.36. The second-order valence-corrected chi connectivity index (χ2v) is 8.93. The van der Waals surface area contributed by atoms with Crippen LogP contribution in [-0.2, 0) is 9.53 Å². The smallest absolute Gasteiger partial charge is 0.328 e. The van der Waals surface area contributed by atoms with Crippen molar-refractivity contribution in [1.29, 1.82) is 0 Å². The number of carboxylic acids is 1. The number of aliphatic carboxylic acids is 1. The zero-order valence-electron chi connectivity index (χ0n) is 20.3. The number of allylic oxidation sites excluding steroid dienone is 1. The topological polar surface area (TPSA) is 77.2 Å². The molecule has 1 fully saturated rings. The molecule has 1 N–H and O–H groups in total. The van der Waals surface area contributed by atoms with Crippen molar-refractivity contribution in [1.82, 2.24) is 15.0 Å². The first-order valence-electron chi connectivity index (χ1n) is 12.4. The van der Waals surface area contributed by atoms with Gasteiger partial charge in [0.15, 0.2) is 6.23 Å². The second-order valence-electron chi connectivity index (χ2n) is 8.93. The van der Waals surface area contributed by atoms with Gasteiger partial charge in [-0.05, 0) is 77.3 Å². The Balaban J connectivity index is 1.62. The van der Waals surface area contributed by atoms with E-state index in [1.54, 1.807) is 6.08 Å². The standard InChI is InChI=1S/C30H29N3O3/c1-2-25(22-8-4-3-5-9-22)30(23-14-11-21(12-15-23)13-18-29(34)35)24-16-17-27-26(20-24)31-32-33(27)28-10-6-7-19-36-28/h3-5,8-9,11-18,20,28H,2,6-7,10,19H2,1H3,(H,34,35). The van der Waals surface area contributed by atoms with Crippen LogP contribution >= 0.6 is 0 Å². The third kappa shape index (κ3) is 4.99. The van der Waals surface area contributed by atoms with Gasteiger partial charge >= 0.3 is 5.97 Å². The summed E-state index contributed by atoms with van der Waals surface area (Å²) in [5.41, 5.74) is 8.29. The largest absolute Gasteiger partial charge is 0.478 e. The minimum Gasteiger partial charge on any atom is -0.478 e. The van der Waals surface area contributed by atoms with Gasteiger partial charge in [-0.3, -0.25) is 0 Å². The molecule has 2 heterocycles. The van der Waals surface area contributed by atoms with Gasteiger partial charge in [-0.1, -0.05) is 72.8 Å². The van der Waals surface area contributed by atoms with Crippen molar-refractivity contribution < 1.29 is 14.6 Å². The van der Waals surface area contributed by atoms with E-state index in [9.17, 15) is 4.79 Å². The number of benzene rings is 3. The molecule has 1 saturated heterocycles. The molecule has 3 aromatic carbocycles. The van der Waals surface area contributed by atoms with Gasteiger partial charge in [0.1, 0.15) is 5.52 Å². The van der Waals surface area contributed by atoms with E-state index >= 15 is 0 Å². The van der Waals surface area contributed by atoms with Gasteiger partial charge in [0, 0.05) is 12.7 Å². The van der Waals surface area contributed by atoms with Crippen molar-refractivity contribution in [3.05, 3.63) is 101 Å². The molecular formula is C30H29N3O3. The summed E-state index contributed by atoms with van der Waals surface area (Å²) in [6, 6.07) is 24.7. The summed E-state index contributed by atoms with van der Waals surface area (Å²) >= 11 is 0. The monoisotopic (exact) mass is 479 g/mol. The fourth-order valence-electron chi connectivity index (χ4n) is 4.83. The van der Waals surface area contributed by atoms with Gasteiger partial charge in [-0.25, -0.2) is 9.48 Å². The summed E-state index contributed by atoms with van der Waals surface area (Å²) < 4.78 is 7.85. The van der Waals surface area contributed by atoms with E-state index in [-0.39, 0.29) is 6.23 Å². The maximum absolute atomic E-state index is 10.9. The quantitative estimate of drug-likeness (QED) is 0.239. The van der Waals surface area contributed by atoms with Gasteiger partial charge in [0.05, 0.1) is 5.52 Å². The first kappa shape index (κ1) is 23.7. The minimum absolute atomic E-state index is 0.0634. The maximum Gasteiger partial charge on any atom is 0.328 e. The Hall–Kier alpha value is -4.03. The molecule has 6 heteroatoms. The highest BCUT2D eigenvalue weighted by atomic mass is 16.5. The number of rotatable bonds is 7. The van der Waals surface area contributed by atoms with Crippen molar-refractivity contribution in [2.75, 3.05) is 6.61 Å². The number of carbonyl (C=O) groups is 1. The summed E-state index contributed by atoms with van der Waals surface area (Å²) in [7, 11) is 0. The molecule has 0 aliphatic carbocycles. The Morgan fingerprint density at radius 1 is 1.03 bits per heavy atom. The van der Waals surface area contributed by atoms with Gasteiger partial charge in [0.2, 0.25) is 0 Å². The molecule has 1 aromatic heterocycles. The fourth-order valence-corrected chi connectivity index (χ4v) is 4.83. The predicted molar refractivity (Wildman–Crippen MR) is 142 cm³/mol. The predicted octanol–water partition coefficient (Wildman–Crippen LogP) is 6.60. The highest BCUT2D eigenvalue weighted by molar-refractivity contribution is 6.00.